The average molecular weight is 307 g/mol. The van der Waals surface area contributed by atoms with Crippen LogP contribution in [0.1, 0.15) is 19.8 Å². The molecule has 2 atom stereocenters. The predicted octanol–water partition coefficient (Wildman–Crippen LogP) is 2.51. The van der Waals surface area contributed by atoms with Gasteiger partial charge < -0.3 is 19.5 Å². The second-order valence-electron chi connectivity index (χ2n) is 6.01. The Morgan fingerprint density at radius 2 is 1.95 bits per heavy atom. The van der Waals surface area contributed by atoms with Crippen LogP contribution in [-0.2, 0) is 4.79 Å². The molecule has 2 unspecified atom stereocenters. The molecule has 0 aliphatic carbocycles. The van der Waals surface area contributed by atoms with E-state index < -0.39 is 5.97 Å². The first-order valence-electron chi connectivity index (χ1n) is 7.80. The molecule has 0 spiro atoms. The smallest absolute Gasteiger partial charge is 0.307 e. The lowest BCUT2D eigenvalue weighted by atomic mass is 9.90. The van der Waals surface area contributed by atoms with E-state index in [4.69, 9.17) is 9.47 Å². The van der Waals surface area contributed by atoms with Gasteiger partial charge >= 0.3 is 5.97 Å². The zero-order chi connectivity index (χ0) is 15.9. The van der Waals surface area contributed by atoms with E-state index in [0.29, 0.717) is 19.1 Å². The number of rotatable bonds is 7. The van der Waals surface area contributed by atoms with Crippen molar-refractivity contribution >= 4 is 5.97 Å². The standard InChI is InChI=1S/C17H25NO4/c1-13-10-14(17(19)20)12-18(11-13)8-3-9-22-16-6-4-15(21-2)5-7-16/h4-7,13-14H,3,8-12H2,1-2H3,(H,19,20). The summed E-state index contributed by atoms with van der Waals surface area (Å²) in [6.07, 6.45) is 1.68. The number of hydrogen-bond donors (Lipinski definition) is 1. The van der Waals surface area contributed by atoms with Crippen LogP contribution in [0.25, 0.3) is 0 Å². The third kappa shape index (κ3) is 4.91. The molecule has 5 nitrogen and oxygen atoms in total. The van der Waals surface area contributed by atoms with Crippen LogP contribution in [0.3, 0.4) is 0 Å². The van der Waals surface area contributed by atoms with Crippen molar-refractivity contribution < 1.29 is 19.4 Å². The summed E-state index contributed by atoms with van der Waals surface area (Å²) in [5.74, 6) is 1.18. The van der Waals surface area contributed by atoms with Crippen LogP contribution < -0.4 is 9.47 Å². The van der Waals surface area contributed by atoms with Crippen LogP contribution in [0.4, 0.5) is 0 Å². The summed E-state index contributed by atoms with van der Waals surface area (Å²) in [5, 5.41) is 9.18. The predicted molar refractivity (Wildman–Crippen MR) is 84.5 cm³/mol. The summed E-state index contributed by atoms with van der Waals surface area (Å²) in [6, 6.07) is 7.53. The Morgan fingerprint density at radius 3 is 2.59 bits per heavy atom. The minimum atomic E-state index is -0.675. The normalized spacial score (nSPS) is 22.3. The molecule has 5 heteroatoms. The number of piperidine rings is 1. The van der Waals surface area contributed by atoms with E-state index in [9.17, 15) is 9.90 Å². The van der Waals surface area contributed by atoms with Gasteiger partial charge in [-0.2, -0.15) is 0 Å². The third-order valence-electron chi connectivity index (χ3n) is 4.03. The molecule has 1 aliphatic heterocycles. The second kappa shape index (κ2) is 8.03. The molecule has 1 N–H and O–H groups in total. The second-order valence-corrected chi connectivity index (χ2v) is 6.01. The Morgan fingerprint density at radius 1 is 1.27 bits per heavy atom. The Bertz CT molecular complexity index is 474. The highest BCUT2D eigenvalue weighted by atomic mass is 16.5. The van der Waals surface area contributed by atoms with Crippen LogP contribution in [0.15, 0.2) is 24.3 Å². The molecule has 1 aromatic rings. The van der Waals surface area contributed by atoms with Crippen LogP contribution >= 0.6 is 0 Å². The van der Waals surface area contributed by atoms with Gasteiger partial charge in [0.2, 0.25) is 0 Å². The number of methoxy groups -OCH3 is 1. The van der Waals surface area contributed by atoms with Crippen molar-refractivity contribution in [2.24, 2.45) is 11.8 Å². The fourth-order valence-corrected chi connectivity index (χ4v) is 2.97. The molecule has 22 heavy (non-hydrogen) atoms. The quantitative estimate of drug-likeness (QED) is 0.784. The highest BCUT2D eigenvalue weighted by Crippen LogP contribution is 2.22. The van der Waals surface area contributed by atoms with Gasteiger partial charge in [-0.1, -0.05) is 6.92 Å². The van der Waals surface area contributed by atoms with Crippen molar-refractivity contribution in [2.75, 3.05) is 33.4 Å². The maximum absolute atomic E-state index is 11.2. The lowest BCUT2D eigenvalue weighted by molar-refractivity contribution is -0.144. The van der Waals surface area contributed by atoms with Crippen LogP contribution in [0, 0.1) is 11.8 Å². The Balaban J connectivity index is 1.70. The molecule has 122 valence electrons. The number of carbonyl (C=O) groups is 1. The van der Waals surface area contributed by atoms with Crippen molar-refractivity contribution in [1.82, 2.24) is 4.90 Å². The Kier molecular flexibility index (Phi) is 6.07. The van der Waals surface area contributed by atoms with Gasteiger partial charge in [-0.15, -0.1) is 0 Å². The number of carboxylic acid groups (broad SMARTS) is 1. The van der Waals surface area contributed by atoms with Crippen molar-refractivity contribution in [3.63, 3.8) is 0 Å². The monoisotopic (exact) mass is 307 g/mol. The molecule has 0 radical (unpaired) electrons. The summed E-state index contributed by atoms with van der Waals surface area (Å²) in [5.41, 5.74) is 0. The molecular formula is C17H25NO4. The molecule has 1 fully saturated rings. The third-order valence-corrected chi connectivity index (χ3v) is 4.03. The number of carboxylic acids is 1. The number of benzene rings is 1. The summed E-state index contributed by atoms with van der Waals surface area (Å²) >= 11 is 0. The van der Waals surface area contributed by atoms with Gasteiger partial charge in [0.05, 0.1) is 19.6 Å². The van der Waals surface area contributed by atoms with Gasteiger partial charge in [0.15, 0.2) is 0 Å². The van der Waals surface area contributed by atoms with E-state index in [-0.39, 0.29) is 5.92 Å². The Labute approximate surface area is 131 Å². The maximum Gasteiger partial charge on any atom is 0.307 e. The summed E-state index contributed by atoms with van der Waals surface area (Å²) in [4.78, 5) is 13.4. The van der Waals surface area contributed by atoms with E-state index in [2.05, 4.69) is 11.8 Å². The molecule has 2 rings (SSSR count). The topological polar surface area (TPSA) is 59.0 Å². The summed E-state index contributed by atoms with van der Waals surface area (Å²) in [7, 11) is 1.64. The Hall–Kier alpha value is -1.75. The first-order chi connectivity index (χ1) is 10.6. The first-order valence-corrected chi connectivity index (χ1v) is 7.80. The molecule has 1 aliphatic rings. The zero-order valence-electron chi connectivity index (χ0n) is 13.3. The number of ether oxygens (including phenoxy) is 2. The largest absolute Gasteiger partial charge is 0.497 e. The molecule has 0 amide bonds. The highest BCUT2D eigenvalue weighted by molar-refractivity contribution is 5.70. The van der Waals surface area contributed by atoms with E-state index >= 15 is 0 Å². The van der Waals surface area contributed by atoms with Crippen molar-refractivity contribution in [3.8, 4) is 11.5 Å². The van der Waals surface area contributed by atoms with Gasteiger partial charge in [0.25, 0.3) is 0 Å². The van der Waals surface area contributed by atoms with E-state index in [1.807, 2.05) is 24.3 Å². The lowest BCUT2D eigenvalue weighted by Crippen LogP contribution is -2.43. The minimum Gasteiger partial charge on any atom is -0.497 e. The van der Waals surface area contributed by atoms with Gasteiger partial charge in [-0.05, 0) is 43.0 Å². The number of hydrogen-bond acceptors (Lipinski definition) is 4. The van der Waals surface area contributed by atoms with Crippen molar-refractivity contribution in [3.05, 3.63) is 24.3 Å². The van der Waals surface area contributed by atoms with Gasteiger partial charge in [0, 0.05) is 19.6 Å². The number of nitrogens with zero attached hydrogens (tertiary/aromatic N) is 1. The fraction of sp³-hybridized carbons (Fsp3) is 0.588. The van der Waals surface area contributed by atoms with Crippen LogP contribution in [0.2, 0.25) is 0 Å². The zero-order valence-corrected chi connectivity index (χ0v) is 13.3. The summed E-state index contributed by atoms with van der Waals surface area (Å²) < 4.78 is 10.8. The van der Waals surface area contributed by atoms with E-state index in [0.717, 1.165) is 37.4 Å². The molecule has 1 aromatic carbocycles. The molecule has 0 saturated carbocycles. The molecular weight excluding hydrogens is 282 g/mol. The molecule has 1 saturated heterocycles. The molecule has 0 aromatic heterocycles. The van der Waals surface area contributed by atoms with E-state index in [1.165, 1.54) is 0 Å². The van der Waals surface area contributed by atoms with Crippen molar-refractivity contribution in [2.45, 2.75) is 19.8 Å². The first kappa shape index (κ1) is 16.6. The van der Waals surface area contributed by atoms with Gasteiger partial charge in [0.1, 0.15) is 11.5 Å². The maximum atomic E-state index is 11.2. The highest BCUT2D eigenvalue weighted by Gasteiger charge is 2.28. The molecule has 0 bridgehead atoms. The summed E-state index contributed by atoms with van der Waals surface area (Å²) in [6.45, 7) is 5.27. The van der Waals surface area contributed by atoms with Gasteiger partial charge in [-0.3, -0.25) is 4.79 Å². The van der Waals surface area contributed by atoms with Crippen LogP contribution in [-0.4, -0.2) is 49.3 Å². The minimum absolute atomic E-state index is 0.230. The van der Waals surface area contributed by atoms with E-state index in [1.54, 1.807) is 7.11 Å². The lowest BCUT2D eigenvalue weighted by Gasteiger charge is -2.34. The SMILES string of the molecule is COc1ccc(OCCCN2CC(C)CC(C(=O)O)C2)cc1. The number of aliphatic carboxylic acids is 1. The van der Waals surface area contributed by atoms with Crippen molar-refractivity contribution in [1.29, 1.82) is 0 Å². The number of likely N-dealkylation sites (tertiary alicyclic amines) is 1. The van der Waals surface area contributed by atoms with Crippen LogP contribution in [0.5, 0.6) is 11.5 Å². The molecule has 1 heterocycles. The van der Waals surface area contributed by atoms with Gasteiger partial charge in [-0.25, -0.2) is 0 Å². The fourth-order valence-electron chi connectivity index (χ4n) is 2.97. The average Bonchev–Trinajstić information content (AvgIpc) is 2.51.